The van der Waals surface area contributed by atoms with Gasteiger partial charge in [0.25, 0.3) is 5.91 Å². The number of aryl methyl sites for hydroxylation is 1. The van der Waals surface area contributed by atoms with Crippen molar-refractivity contribution in [3.8, 4) is 0 Å². The molecule has 0 saturated carbocycles. The fourth-order valence-electron chi connectivity index (χ4n) is 7.15. The van der Waals surface area contributed by atoms with E-state index in [2.05, 4.69) is 99.5 Å². The quantitative estimate of drug-likeness (QED) is 0.0887. The van der Waals surface area contributed by atoms with Gasteiger partial charge in [0.05, 0.1) is 5.57 Å². The minimum absolute atomic E-state index is 0.222. The second kappa shape index (κ2) is 19.6. The second-order valence-corrected chi connectivity index (χ2v) is 14.1. The van der Waals surface area contributed by atoms with E-state index in [0.29, 0.717) is 11.6 Å². The molecule has 1 heterocycles. The summed E-state index contributed by atoms with van der Waals surface area (Å²) < 4.78 is 0. The molecule has 2 atom stereocenters. The van der Waals surface area contributed by atoms with E-state index in [1.54, 1.807) is 30.3 Å². The fraction of sp³-hybridized carbons (Fsp3) is 0.370. The van der Waals surface area contributed by atoms with E-state index in [0.717, 1.165) is 31.4 Å². The lowest BCUT2D eigenvalue weighted by Crippen LogP contribution is -2.26. The number of amides is 1. The maximum atomic E-state index is 12.8. The first-order valence-electron chi connectivity index (χ1n) is 19.1. The number of aliphatic carboxylic acids is 1. The maximum absolute atomic E-state index is 12.8. The van der Waals surface area contributed by atoms with Gasteiger partial charge in [-0.05, 0) is 102 Å². The van der Waals surface area contributed by atoms with E-state index in [1.165, 1.54) is 72.7 Å². The summed E-state index contributed by atoms with van der Waals surface area (Å²) in [7, 11) is 0. The molecule has 0 saturated heterocycles. The third-order valence-corrected chi connectivity index (χ3v) is 10.2. The molecule has 3 N–H and O–H groups in total. The maximum Gasteiger partial charge on any atom is 0.354 e. The van der Waals surface area contributed by atoms with Gasteiger partial charge in [0.15, 0.2) is 5.71 Å². The number of carboxylic acids is 1. The zero-order valence-electron chi connectivity index (χ0n) is 31.8. The monoisotopic (exact) mass is 699 g/mol. The Morgan fingerprint density at radius 3 is 2.31 bits per heavy atom. The average molecular weight is 700 g/mol. The second-order valence-electron chi connectivity index (χ2n) is 14.1. The number of fused-ring (bicyclic) bond motifs is 1. The molecule has 0 fully saturated rings. The van der Waals surface area contributed by atoms with Crippen LogP contribution < -0.4 is 10.2 Å². The summed E-state index contributed by atoms with van der Waals surface area (Å²) in [6.07, 6.45) is 22.9. The lowest BCUT2D eigenvalue weighted by molar-refractivity contribution is -0.129. The van der Waals surface area contributed by atoms with Crippen LogP contribution in [0.15, 0.2) is 109 Å². The van der Waals surface area contributed by atoms with Crippen LogP contribution >= 0.6 is 0 Å². The molecule has 6 nitrogen and oxygen atoms in total. The Hall–Kier alpha value is -4.97. The molecule has 1 aliphatic heterocycles. The third-order valence-electron chi connectivity index (χ3n) is 10.2. The molecular formula is C46H57N3O3. The fourth-order valence-corrected chi connectivity index (χ4v) is 7.15. The van der Waals surface area contributed by atoms with E-state index in [-0.39, 0.29) is 11.0 Å². The summed E-state index contributed by atoms with van der Waals surface area (Å²) >= 11 is 0. The Morgan fingerprint density at radius 1 is 0.981 bits per heavy atom. The lowest BCUT2D eigenvalue weighted by atomic mass is 9.68. The van der Waals surface area contributed by atoms with Gasteiger partial charge in [0.2, 0.25) is 0 Å². The van der Waals surface area contributed by atoms with Crippen LogP contribution in [0.4, 0.5) is 17.1 Å². The van der Waals surface area contributed by atoms with E-state index >= 15 is 0 Å². The van der Waals surface area contributed by atoms with Crippen molar-refractivity contribution < 1.29 is 14.7 Å². The highest BCUT2D eigenvalue weighted by atomic mass is 16.4. The van der Waals surface area contributed by atoms with Crippen LogP contribution in [0.2, 0.25) is 0 Å². The topological polar surface area (TPSA) is 93.5 Å². The molecule has 1 amide bonds. The van der Waals surface area contributed by atoms with Gasteiger partial charge in [-0.3, -0.25) is 10.2 Å². The van der Waals surface area contributed by atoms with Crippen molar-refractivity contribution in [2.24, 2.45) is 11.3 Å². The van der Waals surface area contributed by atoms with E-state index < -0.39 is 17.6 Å². The van der Waals surface area contributed by atoms with Gasteiger partial charge in [0.1, 0.15) is 0 Å². The Balaban J connectivity index is 0.00000113. The highest BCUT2D eigenvalue weighted by molar-refractivity contribution is 6.48. The molecule has 6 heteroatoms. The largest absolute Gasteiger partial charge is 0.477 e. The van der Waals surface area contributed by atoms with Crippen LogP contribution in [-0.2, 0) is 16.0 Å². The molecule has 1 aliphatic carbocycles. The van der Waals surface area contributed by atoms with Crippen molar-refractivity contribution in [1.82, 2.24) is 0 Å². The molecule has 3 aromatic rings. The number of benzene rings is 3. The number of unbranched alkanes of at least 4 members (excludes halogenated alkanes) is 2. The SMILES string of the molecule is CCCC(CC)C1(C)C=CC(c2ccc(N3CCCc4cc(/C=C/C=C(/C(=N)C(=O)O)C(=O)Nc5ccccc5)ccc43)cc2)=CC1.CCCCC. The number of carbonyl (C=O) groups excluding carboxylic acids is 1. The molecule has 274 valence electrons. The van der Waals surface area contributed by atoms with Gasteiger partial charge < -0.3 is 15.3 Å². The summed E-state index contributed by atoms with van der Waals surface area (Å²) in [4.78, 5) is 26.7. The first kappa shape index (κ1) is 39.8. The summed E-state index contributed by atoms with van der Waals surface area (Å²) in [5.74, 6) is -1.39. The zero-order chi connectivity index (χ0) is 37.5. The number of carboxylic acid groups (broad SMARTS) is 1. The highest BCUT2D eigenvalue weighted by Gasteiger charge is 2.31. The molecule has 2 unspecified atom stereocenters. The molecule has 2 aliphatic rings. The molecule has 52 heavy (non-hydrogen) atoms. The van der Waals surface area contributed by atoms with Crippen LogP contribution in [0, 0.1) is 16.7 Å². The van der Waals surface area contributed by atoms with Gasteiger partial charge >= 0.3 is 5.97 Å². The van der Waals surface area contributed by atoms with Crippen LogP contribution in [0.3, 0.4) is 0 Å². The van der Waals surface area contributed by atoms with E-state index in [1.807, 2.05) is 18.2 Å². The molecular weight excluding hydrogens is 643 g/mol. The van der Waals surface area contributed by atoms with Crippen LogP contribution in [0.5, 0.6) is 0 Å². The average Bonchev–Trinajstić information content (AvgIpc) is 3.16. The molecule has 0 bridgehead atoms. The van der Waals surface area contributed by atoms with Crippen LogP contribution in [-0.4, -0.2) is 29.2 Å². The number of hydrogen-bond acceptors (Lipinski definition) is 4. The van der Waals surface area contributed by atoms with E-state index in [4.69, 9.17) is 5.41 Å². The normalized spacial score (nSPS) is 17.4. The minimum Gasteiger partial charge on any atom is -0.477 e. The summed E-state index contributed by atoms with van der Waals surface area (Å²) in [6.45, 7) is 12.4. The number of allylic oxidation sites excluding steroid dienone is 6. The predicted molar refractivity (Wildman–Crippen MR) is 219 cm³/mol. The first-order chi connectivity index (χ1) is 25.1. The highest BCUT2D eigenvalue weighted by Crippen LogP contribution is 2.43. The van der Waals surface area contributed by atoms with E-state index in [9.17, 15) is 14.7 Å². The summed E-state index contributed by atoms with van der Waals surface area (Å²) in [5, 5.41) is 20.0. The zero-order valence-corrected chi connectivity index (χ0v) is 31.8. The summed E-state index contributed by atoms with van der Waals surface area (Å²) in [5.41, 5.74) is 6.84. The van der Waals surface area contributed by atoms with Gasteiger partial charge in [-0.2, -0.15) is 0 Å². The molecule has 3 aromatic carbocycles. The van der Waals surface area contributed by atoms with Crippen molar-refractivity contribution in [2.45, 2.75) is 92.4 Å². The molecule has 0 spiro atoms. The molecule has 5 rings (SSSR count). The Morgan fingerprint density at radius 2 is 1.71 bits per heavy atom. The number of rotatable bonds is 14. The van der Waals surface area contributed by atoms with Crippen molar-refractivity contribution in [3.05, 3.63) is 125 Å². The van der Waals surface area contributed by atoms with Crippen LogP contribution in [0.25, 0.3) is 11.6 Å². The van der Waals surface area contributed by atoms with Crippen molar-refractivity contribution in [1.29, 1.82) is 5.41 Å². The molecule has 0 radical (unpaired) electrons. The van der Waals surface area contributed by atoms with Crippen molar-refractivity contribution >= 4 is 46.3 Å². The Bertz CT molecular complexity index is 1780. The number of nitrogens with zero attached hydrogens (tertiary/aromatic N) is 1. The third kappa shape index (κ3) is 10.5. The van der Waals surface area contributed by atoms with Crippen molar-refractivity contribution in [3.63, 3.8) is 0 Å². The number of hydrogen-bond donors (Lipinski definition) is 3. The lowest BCUT2D eigenvalue weighted by Gasteiger charge is -2.36. The summed E-state index contributed by atoms with van der Waals surface area (Å²) in [6, 6.07) is 24.0. The van der Waals surface area contributed by atoms with Crippen molar-refractivity contribution in [2.75, 3.05) is 16.8 Å². The van der Waals surface area contributed by atoms with Gasteiger partial charge in [0, 0.05) is 23.6 Å². The Kier molecular flexibility index (Phi) is 15.0. The number of nitrogens with one attached hydrogen (secondary N) is 2. The predicted octanol–water partition coefficient (Wildman–Crippen LogP) is 11.8. The molecule has 0 aromatic heterocycles. The standard InChI is InChI=1S/C41H45N3O3.C5H12/c1-4-11-33(5-2)41(3)25-23-31(24-26-41)30-18-20-35(21-19-30)44-27-10-13-32-28-29(17-22-37(32)44)12-9-16-36(38(42)40(46)47)39(45)43-34-14-7-6-8-15-34;1-3-5-4-2/h6-9,12,14-25,28,33,42H,4-5,10-11,13,26-27H2,1-3H3,(H,43,45)(H,46,47);3-5H2,1-2H3/b12-9+,36-16-,42-38?;. The Labute approximate surface area is 311 Å². The smallest absolute Gasteiger partial charge is 0.354 e. The van der Waals surface area contributed by atoms with Gasteiger partial charge in [-0.1, -0.05) is 134 Å². The number of anilines is 3. The first-order valence-corrected chi connectivity index (χ1v) is 19.1. The number of carbonyl (C=O) groups is 2. The number of para-hydroxylation sites is 1. The van der Waals surface area contributed by atoms with Gasteiger partial charge in [-0.15, -0.1) is 0 Å². The van der Waals surface area contributed by atoms with Crippen LogP contribution in [0.1, 0.15) is 103 Å². The minimum atomic E-state index is -1.46. The van der Waals surface area contributed by atoms with Gasteiger partial charge in [-0.25, -0.2) is 4.79 Å².